The number of rotatable bonds is 5. The molecule has 6 heteroatoms. The zero-order chi connectivity index (χ0) is 15.2. The predicted molar refractivity (Wildman–Crippen MR) is 80.3 cm³/mol. The fraction of sp³-hybridized carbons (Fsp3) is 0.467. The molecule has 2 unspecified atom stereocenters. The van der Waals surface area contributed by atoms with E-state index in [1.807, 2.05) is 6.92 Å². The Kier molecular flexibility index (Phi) is 5.30. The van der Waals surface area contributed by atoms with Crippen molar-refractivity contribution in [1.29, 1.82) is 0 Å². The highest BCUT2D eigenvalue weighted by Crippen LogP contribution is 2.14. The Balaban J connectivity index is 1.98. The number of anilines is 1. The van der Waals surface area contributed by atoms with Crippen molar-refractivity contribution >= 4 is 17.5 Å². The van der Waals surface area contributed by atoms with Gasteiger partial charge < -0.3 is 20.7 Å². The van der Waals surface area contributed by atoms with Crippen molar-refractivity contribution in [2.75, 3.05) is 25.5 Å². The monoisotopic (exact) mass is 291 g/mol. The third-order valence-corrected chi connectivity index (χ3v) is 3.47. The Labute approximate surface area is 124 Å². The van der Waals surface area contributed by atoms with Crippen LogP contribution in [0, 0.1) is 0 Å². The van der Waals surface area contributed by atoms with Gasteiger partial charge in [0.25, 0.3) is 5.91 Å². The summed E-state index contributed by atoms with van der Waals surface area (Å²) >= 11 is 0. The number of carbonyl (C=O) groups excluding carboxylic acids is 2. The first kappa shape index (κ1) is 15.5. The molecule has 114 valence electrons. The van der Waals surface area contributed by atoms with Crippen molar-refractivity contribution < 1.29 is 14.3 Å². The lowest BCUT2D eigenvalue weighted by Gasteiger charge is -2.12. The second kappa shape index (κ2) is 7.19. The summed E-state index contributed by atoms with van der Waals surface area (Å²) in [7, 11) is 1.64. The molecule has 0 aliphatic carbocycles. The number of benzene rings is 1. The molecule has 2 atom stereocenters. The van der Waals surface area contributed by atoms with Crippen LogP contribution in [0.15, 0.2) is 24.3 Å². The Morgan fingerprint density at radius 3 is 2.90 bits per heavy atom. The van der Waals surface area contributed by atoms with E-state index in [1.165, 1.54) is 0 Å². The predicted octanol–water partition coefficient (Wildman–Crippen LogP) is 0.752. The second-order valence-corrected chi connectivity index (χ2v) is 4.98. The van der Waals surface area contributed by atoms with Crippen LogP contribution in [0.25, 0.3) is 0 Å². The maximum atomic E-state index is 12.2. The summed E-state index contributed by atoms with van der Waals surface area (Å²) in [5, 5.41) is 8.68. The Bertz CT molecular complexity index is 519. The number of amides is 2. The van der Waals surface area contributed by atoms with Gasteiger partial charge in [-0.3, -0.25) is 9.59 Å². The maximum absolute atomic E-state index is 12.2. The summed E-state index contributed by atoms with van der Waals surface area (Å²) in [6.07, 6.45) is 0.723. The van der Waals surface area contributed by atoms with Crippen LogP contribution in [0.4, 0.5) is 5.69 Å². The van der Waals surface area contributed by atoms with Gasteiger partial charge in [-0.1, -0.05) is 6.07 Å². The molecule has 0 bridgehead atoms. The van der Waals surface area contributed by atoms with Crippen LogP contribution < -0.4 is 16.0 Å². The molecule has 1 aliphatic heterocycles. The number of hydrogen-bond acceptors (Lipinski definition) is 4. The molecule has 1 saturated heterocycles. The minimum atomic E-state index is -0.261. The summed E-state index contributed by atoms with van der Waals surface area (Å²) in [4.78, 5) is 23.9. The summed E-state index contributed by atoms with van der Waals surface area (Å²) in [6.45, 7) is 3.11. The van der Waals surface area contributed by atoms with Gasteiger partial charge in [-0.25, -0.2) is 0 Å². The summed E-state index contributed by atoms with van der Waals surface area (Å²) < 4.78 is 5.22. The van der Waals surface area contributed by atoms with E-state index in [1.54, 1.807) is 31.4 Å². The van der Waals surface area contributed by atoms with Gasteiger partial charge in [0.2, 0.25) is 5.91 Å². The molecule has 1 heterocycles. The van der Waals surface area contributed by atoms with E-state index in [4.69, 9.17) is 4.74 Å². The molecule has 0 radical (unpaired) electrons. The fourth-order valence-corrected chi connectivity index (χ4v) is 2.31. The van der Waals surface area contributed by atoms with E-state index in [0.717, 1.165) is 0 Å². The van der Waals surface area contributed by atoms with Gasteiger partial charge in [-0.2, -0.15) is 0 Å². The first-order valence-electron chi connectivity index (χ1n) is 7.09. The van der Waals surface area contributed by atoms with Crippen LogP contribution in [0.2, 0.25) is 0 Å². The lowest BCUT2D eigenvalue weighted by molar-refractivity contribution is -0.118. The molecule has 6 nitrogen and oxygen atoms in total. The van der Waals surface area contributed by atoms with Crippen LogP contribution in [0.3, 0.4) is 0 Å². The van der Waals surface area contributed by atoms with Crippen molar-refractivity contribution in [3.8, 4) is 0 Å². The molecule has 2 amide bonds. The third-order valence-electron chi connectivity index (χ3n) is 3.47. The topological polar surface area (TPSA) is 79.5 Å². The first-order valence-corrected chi connectivity index (χ1v) is 7.09. The van der Waals surface area contributed by atoms with Crippen LogP contribution in [0.1, 0.15) is 23.7 Å². The van der Waals surface area contributed by atoms with E-state index in [0.29, 0.717) is 30.8 Å². The van der Waals surface area contributed by atoms with E-state index in [2.05, 4.69) is 16.0 Å². The number of hydrogen-bond donors (Lipinski definition) is 3. The quantitative estimate of drug-likeness (QED) is 0.748. The molecule has 0 saturated carbocycles. The lowest BCUT2D eigenvalue weighted by atomic mass is 10.1. The second-order valence-electron chi connectivity index (χ2n) is 4.98. The normalized spacial score (nSPS) is 21.0. The summed E-state index contributed by atoms with van der Waals surface area (Å²) in [5.74, 6) is -0.255. The van der Waals surface area contributed by atoms with Crippen molar-refractivity contribution in [1.82, 2.24) is 10.6 Å². The SMILES string of the molecule is CCNC(=O)c1cccc(NC(=O)C2CC(OC)CN2)c1. The standard InChI is InChI=1S/C15H21N3O3/c1-3-16-14(19)10-5-4-6-11(7-10)18-15(20)13-8-12(21-2)9-17-13/h4-7,12-13,17H,3,8-9H2,1-2H3,(H,16,19)(H,18,20). The van der Waals surface area contributed by atoms with E-state index < -0.39 is 0 Å². The molecular formula is C15H21N3O3. The molecule has 3 N–H and O–H groups in total. The van der Waals surface area contributed by atoms with Crippen LogP contribution in [0.5, 0.6) is 0 Å². The average molecular weight is 291 g/mol. The van der Waals surface area contributed by atoms with Crippen LogP contribution in [-0.2, 0) is 9.53 Å². The lowest BCUT2D eigenvalue weighted by Crippen LogP contribution is -2.35. The highest BCUT2D eigenvalue weighted by Gasteiger charge is 2.29. The number of nitrogens with one attached hydrogen (secondary N) is 3. The smallest absolute Gasteiger partial charge is 0.251 e. The van der Waals surface area contributed by atoms with E-state index in [-0.39, 0.29) is 24.0 Å². The number of carbonyl (C=O) groups is 2. The van der Waals surface area contributed by atoms with Gasteiger partial charge in [0.15, 0.2) is 0 Å². The van der Waals surface area contributed by atoms with E-state index in [9.17, 15) is 9.59 Å². The molecule has 0 spiro atoms. The largest absolute Gasteiger partial charge is 0.380 e. The molecule has 0 aromatic heterocycles. The van der Waals surface area contributed by atoms with Gasteiger partial charge in [0.1, 0.15) is 0 Å². The van der Waals surface area contributed by atoms with Crippen molar-refractivity contribution in [2.24, 2.45) is 0 Å². The highest BCUT2D eigenvalue weighted by molar-refractivity contribution is 5.98. The number of ether oxygens (including phenoxy) is 1. The molecular weight excluding hydrogens is 270 g/mol. The summed E-state index contributed by atoms with van der Waals surface area (Å²) in [5.41, 5.74) is 1.15. The Morgan fingerprint density at radius 1 is 1.43 bits per heavy atom. The van der Waals surface area contributed by atoms with Gasteiger partial charge in [0, 0.05) is 31.5 Å². The molecule has 2 rings (SSSR count). The third kappa shape index (κ3) is 4.03. The zero-order valence-corrected chi connectivity index (χ0v) is 12.3. The van der Waals surface area contributed by atoms with Gasteiger partial charge >= 0.3 is 0 Å². The molecule has 1 aliphatic rings. The number of methoxy groups -OCH3 is 1. The molecule has 1 aromatic rings. The highest BCUT2D eigenvalue weighted by atomic mass is 16.5. The molecule has 21 heavy (non-hydrogen) atoms. The molecule has 1 fully saturated rings. The van der Waals surface area contributed by atoms with Crippen LogP contribution in [-0.4, -0.2) is 44.2 Å². The maximum Gasteiger partial charge on any atom is 0.251 e. The first-order chi connectivity index (χ1) is 10.1. The van der Waals surface area contributed by atoms with Crippen molar-refractivity contribution in [3.63, 3.8) is 0 Å². The minimum absolute atomic E-state index is 0.0717. The Morgan fingerprint density at radius 2 is 2.24 bits per heavy atom. The van der Waals surface area contributed by atoms with Crippen molar-refractivity contribution in [3.05, 3.63) is 29.8 Å². The van der Waals surface area contributed by atoms with Gasteiger partial charge in [-0.15, -0.1) is 0 Å². The van der Waals surface area contributed by atoms with E-state index >= 15 is 0 Å². The Hall–Kier alpha value is -1.92. The molecule has 1 aromatic carbocycles. The van der Waals surface area contributed by atoms with Gasteiger partial charge in [0.05, 0.1) is 12.1 Å². The minimum Gasteiger partial charge on any atom is -0.380 e. The van der Waals surface area contributed by atoms with Gasteiger partial charge in [-0.05, 0) is 31.5 Å². The van der Waals surface area contributed by atoms with Crippen LogP contribution >= 0.6 is 0 Å². The zero-order valence-electron chi connectivity index (χ0n) is 12.3. The summed E-state index contributed by atoms with van der Waals surface area (Å²) in [6, 6.07) is 6.65. The fourth-order valence-electron chi connectivity index (χ4n) is 2.31. The van der Waals surface area contributed by atoms with Crippen molar-refractivity contribution in [2.45, 2.75) is 25.5 Å². The average Bonchev–Trinajstić information content (AvgIpc) is 2.97.